The van der Waals surface area contributed by atoms with Gasteiger partial charge in [-0.1, -0.05) is 0 Å². The van der Waals surface area contributed by atoms with Crippen molar-refractivity contribution in [1.29, 1.82) is 0 Å². The molecule has 0 heterocycles. The predicted octanol–water partition coefficient (Wildman–Crippen LogP) is 2.86. The fourth-order valence-electron chi connectivity index (χ4n) is 2.33. The lowest BCUT2D eigenvalue weighted by Gasteiger charge is -2.14. The summed E-state index contributed by atoms with van der Waals surface area (Å²) in [6.45, 7) is 0. The zero-order valence-electron chi connectivity index (χ0n) is 10.0. The lowest BCUT2D eigenvalue weighted by Crippen LogP contribution is -2.18. The maximum absolute atomic E-state index is 11.0. The van der Waals surface area contributed by atoms with Crippen molar-refractivity contribution in [3.05, 3.63) is 31.9 Å². The minimum Gasteiger partial charge on any atom is -0.481 e. The molecule has 0 unspecified atom stereocenters. The maximum Gasteiger partial charge on any atom is 0.306 e. The molecule has 2 N–H and O–H groups in total. The van der Waals surface area contributed by atoms with Gasteiger partial charge in [0, 0.05) is 15.7 Å². The van der Waals surface area contributed by atoms with Crippen LogP contribution in [-0.2, 0) is 4.79 Å². The molecular weight excluding hydrogens is 363 g/mol. The van der Waals surface area contributed by atoms with Crippen LogP contribution in [0.3, 0.4) is 0 Å². The molecule has 1 aliphatic carbocycles. The van der Waals surface area contributed by atoms with Gasteiger partial charge in [0.05, 0.1) is 10.8 Å². The summed E-state index contributed by atoms with van der Waals surface area (Å²) in [7, 11) is 0. The molecule has 1 aromatic carbocycles. The van der Waals surface area contributed by atoms with Crippen LogP contribution < -0.4 is 5.32 Å². The Kier molecular flexibility index (Phi) is 4.23. The Balaban J connectivity index is 2.12. The molecule has 1 saturated carbocycles. The highest BCUT2D eigenvalue weighted by atomic mass is 127. The van der Waals surface area contributed by atoms with E-state index in [0.717, 1.165) is 9.99 Å². The number of anilines is 1. The summed E-state index contributed by atoms with van der Waals surface area (Å²) >= 11 is 2.02. The first-order valence-corrected chi connectivity index (χ1v) is 6.98. The molecule has 7 heteroatoms. The summed E-state index contributed by atoms with van der Waals surface area (Å²) in [5.41, 5.74) is 0.493. The third-order valence-electron chi connectivity index (χ3n) is 3.30. The summed E-state index contributed by atoms with van der Waals surface area (Å²) in [6, 6.07) is 4.96. The van der Waals surface area contributed by atoms with E-state index in [-0.39, 0.29) is 17.6 Å². The zero-order valence-corrected chi connectivity index (χ0v) is 12.2. The van der Waals surface area contributed by atoms with Gasteiger partial charge in [-0.15, -0.1) is 0 Å². The average Bonchev–Trinajstić information content (AvgIpc) is 2.80. The molecule has 19 heavy (non-hydrogen) atoms. The summed E-state index contributed by atoms with van der Waals surface area (Å²) in [6.07, 6.45) is 1.85. The van der Waals surface area contributed by atoms with Gasteiger partial charge in [0.15, 0.2) is 0 Å². The molecule has 0 saturated heterocycles. The molecule has 102 valence electrons. The number of hydrogen-bond acceptors (Lipinski definition) is 4. The first-order valence-electron chi connectivity index (χ1n) is 5.90. The van der Waals surface area contributed by atoms with Crippen LogP contribution in [0.25, 0.3) is 0 Å². The van der Waals surface area contributed by atoms with Crippen LogP contribution in [0.5, 0.6) is 0 Å². The first-order chi connectivity index (χ1) is 8.97. The van der Waals surface area contributed by atoms with E-state index in [1.165, 1.54) is 6.07 Å². The SMILES string of the molecule is O=C(O)[C@@H]1CC[C@H](Nc2ccc(I)cc2[N+](=O)[O-])C1. The fourth-order valence-corrected chi connectivity index (χ4v) is 2.81. The van der Waals surface area contributed by atoms with Crippen molar-refractivity contribution >= 4 is 39.9 Å². The van der Waals surface area contributed by atoms with Crippen molar-refractivity contribution in [2.75, 3.05) is 5.32 Å². The predicted molar refractivity (Wildman–Crippen MR) is 78.2 cm³/mol. The van der Waals surface area contributed by atoms with E-state index < -0.39 is 10.9 Å². The number of hydrogen-bond donors (Lipinski definition) is 2. The Morgan fingerprint density at radius 1 is 1.47 bits per heavy atom. The van der Waals surface area contributed by atoms with Gasteiger partial charge in [-0.2, -0.15) is 0 Å². The molecule has 1 fully saturated rings. The van der Waals surface area contributed by atoms with Gasteiger partial charge < -0.3 is 10.4 Å². The smallest absolute Gasteiger partial charge is 0.306 e. The monoisotopic (exact) mass is 376 g/mol. The average molecular weight is 376 g/mol. The summed E-state index contributed by atoms with van der Waals surface area (Å²) < 4.78 is 0.796. The van der Waals surface area contributed by atoms with Crippen LogP contribution in [-0.4, -0.2) is 22.0 Å². The van der Waals surface area contributed by atoms with Crippen molar-refractivity contribution in [1.82, 2.24) is 0 Å². The van der Waals surface area contributed by atoms with Crippen LogP contribution in [0.4, 0.5) is 11.4 Å². The van der Waals surface area contributed by atoms with Gasteiger partial charge in [0.2, 0.25) is 0 Å². The highest BCUT2D eigenvalue weighted by molar-refractivity contribution is 14.1. The van der Waals surface area contributed by atoms with Crippen molar-refractivity contribution in [3.8, 4) is 0 Å². The van der Waals surface area contributed by atoms with Crippen molar-refractivity contribution in [2.24, 2.45) is 5.92 Å². The molecule has 0 bridgehead atoms. The van der Waals surface area contributed by atoms with Gasteiger partial charge in [0.1, 0.15) is 5.69 Å². The Hall–Kier alpha value is -1.38. The topological polar surface area (TPSA) is 92.5 Å². The van der Waals surface area contributed by atoms with Crippen LogP contribution >= 0.6 is 22.6 Å². The Bertz CT molecular complexity index is 520. The number of carboxylic acids is 1. The van der Waals surface area contributed by atoms with E-state index in [9.17, 15) is 14.9 Å². The second kappa shape index (κ2) is 5.72. The number of rotatable bonds is 4. The number of carbonyl (C=O) groups is 1. The Morgan fingerprint density at radius 2 is 2.21 bits per heavy atom. The minimum atomic E-state index is -0.790. The van der Waals surface area contributed by atoms with Crippen LogP contribution in [0.1, 0.15) is 19.3 Å². The summed E-state index contributed by atoms with van der Waals surface area (Å²) in [5.74, 6) is -1.14. The number of carboxylic acid groups (broad SMARTS) is 1. The molecule has 0 aliphatic heterocycles. The van der Waals surface area contributed by atoms with E-state index >= 15 is 0 Å². The molecule has 6 nitrogen and oxygen atoms in total. The third-order valence-corrected chi connectivity index (χ3v) is 3.97. The second-order valence-corrected chi connectivity index (χ2v) is 5.85. The maximum atomic E-state index is 11.0. The molecule has 0 radical (unpaired) electrons. The molecule has 0 amide bonds. The van der Waals surface area contributed by atoms with Crippen molar-refractivity contribution < 1.29 is 14.8 Å². The first kappa shape index (κ1) is 14.0. The molecule has 2 atom stereocenters. The van der Waals surface area contributed by atoms with E-state index in [2.05, 4.69) is 5.32 Å². The zero-order chi connectivity index (χ0) is 14.0. The fraction of sp³-hybridized carbons (Fsp3) is 0.417. The van der Waals surface area contributed by atoms with Gasteiger partial charge in [-0.25, -0.2) is 0 Å². The normalized spacial score (nSPS) is 22.2. The second-order valence-electron chi connectivity index (χ2n) is 4.61. The lowest BCUT2D eigenvalue weighted by atomic mass is 10.1. The molecule has 1 aliphatic rings. The highest BCUT2D eigenvalue weighted by Gasteiger charge is 2.30. The molecule has 1 aromatic rings. The molecule has 0 spiro atoms. The molecular formula is C12H13IN2O4. The number of halogens is 1. The Morgan fingerprint density at radius 3 is 2.79 bits per heavy atom. The molecule has 2 rings (SSSR count). The van der Waals surface area contributed by atoms with Crippen LogP contribution in [0.15, 0.2) is 18.2 Å². The van der Waals surface area contributed by atoms with Crippen molar-refractivity contribution in [3.63, 3.8) is 0 Å². The van der Waals surface area contributed by atoms with Crippen LogP contribution in [0, 0.1) is 19.6 Å². The molecule has 0 aromatic heterocycles. The standard InChI is InChI=1S/C12H13IN2O4/c13-8-2-4-10(11(6-8)15(18)19)14-9-3-1-7(5-9)12(16)17/h2,4,6-7,9,14H,1,3,5H2,(H,16,17)/t7-,9+/m1/s1. The number of nitrogens with one attached hydrogen (secondary N) is 1. The summed E-state index contributed by atoms with van der Waals surface area (Å²) in [4.78, 5) is 21.4. The number of aliphatic carboxylic acids is 1. The van der Waals surface area contributed by atoms with Gasteiger partial charge in [-0.05, 0) is 54.0 Å². The lowest BCUT2D eigenvalue weighted by molar-refractivity contribution is -0.384. The Labute approximate surface area is 123 Å². The number of nitrogens with zero attached hydrogens (tertiary/aromatic N) is 1. The van der Waals surface area contributed by atoms with Gasteiger partial charge >= 0.3 is 5.97 Å². The van der Waals surface area contributed by atoms with Crippen LogP contribution in [0.2, 0.25) is 0 Å². The number of benzene rings is 1. The number of nitro benzene ring substituents is 1. The number of nitro groups is 1. The van der Waals surface area contributed by atoms with E-state index in [4.69, 9.17) is 5.11 Å². The van der Waals surface area contributed by atoms with Crippen molar-refractivity contribution in [2.45, 2.75) is 25.3 Å². The van der Waals surface area contributed by atoms with E-state index in [1.807, 2.05) is 22.6 Å². The third kappa shape index (κ3) is 3.34. The quantitative estimate of drug-likeness (QED) is 0.479. The summed E-state index contributed by atoms with van der Waals surface area (Å²) in [5, 5.41) is 23.0. The van der Waals surface area contributed by atoms with E-state index in [1.54, 1.807) is 12.1 Å². The van der Waals surface area contributed by atoms with Gasteiger partial charge in [0.25, 0.3) is 5.69 Å². The largest absolute Gasteiger partial charge is 0.481 e. The highest BCUT2D eigenvalue weighted by Crippen LogP contribution is 2.32. The van der Waals surface area contributed by atoms with E-state index in [0.29, 0.717) is 18.5 Å². The minimum absolute atomic E-state index is 0.0140. The van der Waals surface area contributed by atoms with Gasteiger partial charge in [-0.3, -0.25) is 14.9 Å².